The highest BCUT2D eigenvalue weighted by Gasteiger charge is 2.26. The molecule has 8 nitrogen and oxygen atoms in total. The van der Waals surface area contributed by atoms with Crippen LogP contribution >= 0.6 is 11.8 Å². The van der Waals surface area contributed by atoms with Gasteiger partial charge >= 0.3 is 17.8 Å². The van der Waals surface area contributed by atoms with Crippen molar-refractivity contribution in [3.05, 3.63) is 41.6 Å². The molecular weight excluding hydrogens is 356 g/mol. The molecule has 2 N–H and O–H groups in total. The molecule has 1 aromatic heterocycles. The van der Waals surface area contributed by atoms with Gasteiger partial charge in [0.05, 0.1) is 18.0 Å². The minimum absolute atomic E-state index is 0.209. The molecule has 0 saturated carbocycles. The van der Waals surface area contributed by atoms with E-state index in [-0.39, 0.29) is 13.2 Å². The topological polar surface area (TPSA) is 102 Å². The Bertz CT molecular complexity index is 835. The number of para-hydroxylation sites is 1. The van der Waals surface area contributed by atoms with Crippen LogP contribution in [-0.2, 0) is 30.6 Å². The van der Waals surface area contributed by atoms with Gasteiger partial charge in [-0.15, -0.1) is 0 Å². The molecule has 26 heavy (non-hydrogen) atoms. The van der Waals surface area contributed by atoms with Crippen molar-refractivity contribution in [2.45, 2.75) is 18.4 Å². The summed E-state index contributed by atoms with van der Waals surface area (Å²) in [5, 5.41) is 9.42. The van der Waals surface area contributed by atoms with Gasteiger partial charge in [-0.3, -0.25) is 14.4 Å². The van der Waals surface area contributed by atoms with Crippen molar-refractivity contribution in [1.29, 1.82) is 0 Å². The van der Waals surface area contributed by atoms with E-state index in [1.165, 1.54) is 0 Å². The first-order valence-electron chi connectivity index (χ1n) is 8.09. The third-order valence-corrected chi connectivity index (χ3v) is 4.66. The molecule has 1 aromatic carbocycles. The van der Waals surface area contributed by atoms with E-state index in [0.29, 0.717) is 11.6 Å². The molecule has 1 aliphatic rings. The molecule has 0 spiro atoms. The van der Waals surface area contributed by atoms with Crippen molar-refractivity contribution in [1.82, 2.24) is 15.1 Å². The number of hydrogen-bond acceptors (Lipinski definition) is 6. The number of esters is 1. The van der Waals surface area contributed by atoms with E-state index >= 15 is 0 Å². The number of carbonyl (C=O) groups is 3. The molecule has 0 unspecified atom stereocenters. The quantitative estimate of drug-likeness (QED) is 0.603. The number of nitrogens with zero attached hydrogens (tertiary/aromatic N) is 2. The van der Waals surface area contributed by atoms with Crippen molar-refractivity contribution in [3.63, 3.8) is 0 Å². The van der Waals surface area contributed by atoms with Gasteiger partial charge < -0.3 is 15.4 Å². The molecular formula is C17H18N4O4S. The lowest BCUT2D eigenvalue weighted by Crippen LogP contribution is -2.39. The number of rotatable bonds is 5. The van der Waals surface area contributed by atoms with Crippen molar-refractivity contribution < 1.29 is 19.1 Å². The van der Waals surface area contributed by atoms with Crippen LogP contribution in [0.25, 0.3) is 5.69 Å². The Morgan fingerprint density at radius 2 is 1.96 bits per heavy atom. The molecule has 2 heterocycles. The highest BCUT2D eigenvalue weighted by atomic mass is 32.2. The molecule has 1 aliphatic heterocycles. The zero-order chi connectivity index (χ0) is 18.5. The first-order valence-corrected chi connectivity index (χ1v) is 9.24. The number of carbonyl (C=O) groups excluding carboxylic acids is 3. The number of anilines is 1. The average molecular weight is 374 g/mol. The monoisotopic (exact) mass is 374 g/mol. The largest absolute Gasteiger partial charge is 0.465 e. The van der Waals surface area contributed by atoms with Gasteiger partial charge in [-0.2, -0.15) is 16.9 Å². The van der Waals surface area contributed by atoms with Gasteiger partial charge in [0, 0.05) is 17.1 Å². The molecule has 2 amide bonds. The van der Waals surface area contributed by atoms with E-state index in [0.717, 1.165) is 22.7 Å². The molecule has 0 radical (unpaired) electrons. The second kappa shape index (κ2) is 8.05. The minimum Gasteiger partial charge on any atom is -0.465 e. The number of hydrogen-bond donors (Lipinski definition) is 2. The number of ether oxygens (including phenoxy) is 1. The fraction of sp³-hybridized carbons (Fsp3) is 0.294. The smallest absolute Gasteiger partial charge is 0.325 e. The Balaban J connectivity index is 1.76. The maximum Gasteiger partial charge on any atom is 0.325 e. The van der Waals surface area contributed by atoms with Crippen molar-refractivity contribution in [2.75, 3.05) is 18.5 Å². The Morgan fingerprint density at radius 3 is 2.69 bits per heavy atom. The lowest BCUT2D eigenvalue weighted by molar-refractivity contribution is -0.144. The molecule has 0 atom stereocenters. The van der Waals surface area contributed by atoms with Gasteiger partial charge in [-0.05, 0) is 19.1 Å². The fourth-order valence-corrected chi connectivity index (χ4v) is 3.54. The summed E-state index contributed by atoms with van der Waals surface area (Å²) >= 11 is 1.69. The van der Waals surface area contributed by atoms with Crippen molar-refractivity contribution in [3.8, 4) is 5.69 Å². The van der Waals surface area contributed by atoms with Gasteiger partial charge in [0.1, 0.15) is 12.4 Å². The Labute approximate surface area is 154 Å². The predicted molar refractivity (Wildman–Crippen MR) is 96.8 cm³/mol. The summed E-state index contributed by atoms with van der Waals surface area (Å²) in [6.45, 7) is 1.52. The van der Waals surface area contributed by atoms with E-state index in [2.05, 4.69) is 15.7 Å². The van der Waals surface area contributed by atoms with Crippen LogP contribution < -0.4 is 10.6 Å². The van der Waals surface area contributed by atoms with Crippen molar-refractivity contribution >= 4 is 35.4 Å². The zero-order valence-electron chi connectivity index (χ0n) is 14.2. The standard InChI is InChI=1S/C17H18N4O4S/c1-2-25-14(22)8-18-16(23)17(24)19-15-12-9-26-10-13(12)20-21(15)11-6-4-3-5-7-11/h3-7H,2,8-10H2,1H3,(H,18,23)(H,19,24). The Kier molecular flexibility index (Phi) is 5.57. The number of aromatic nitrogens is 2. The average Bonchev–Trinajstić information content (AvgIpc) is 3.23. The van der Waals surface area contributed by atoms with Gasteiger partial charge in [-0.1, -0.05) is 18.2 Å². The van der Waals surface area contributed by atoms with Crippen LogP contribution in [0, 0.1) is 0 Å². The van der Waals surface area contributed by atoms with Crippen LogP contribution in [0.1, 0.15) is 18.2 Å². The third-order valence-electron chi connectivity index (χ3n) is 3.69. The van der Waals surface area contributed by atoms with Crippen LogP contribution in [0.3, 0.4) is 0 Å². The maximum atomic E-state index is 12.2. The Hall–Kier alpha value is -2.81. The van der Waals surface area contributed by atoms with Gasteiger partial charge in [0.15, 0.2) is 0 Å². The second-order valence-electron chi connectivity index (χ2n) is 5.46. The summed E-state index contributed by atoms with van der Waals surface area (Å²) in [4.78, 5) is 35.5. The molecule has 2 aromatic rings. The maximum absolute atomic E-state index is 12.2. The lowest BCUT2D eigenvalue weighted by Gasteiger charge is -2.11. The molecule has 0 bridgehead atoms. The summed E-state index contributed by atoms with van der Waals surface area (Å²) < 4.78 is 6.34. The van der Waals surface area contributed by atoms with Crippen LogP contribution in [0.5, 0.6) is 0 Å². The fourth-order valence-electron chi connectivity index (χ4n) is 2.51. The van der Waals surface area contributed by atoms with E-state index in [1.54, 1.807) is 23.4 Å². The number of amides is 2. The highest BCUT2D eigenvalue weighted by molar-refractivity contribution is 7.98. The van der Waals surface area contributed by atoms with E-state index in [9.17, 15) is 14.4 Å². The van der Waals surface area contributed by atoms with Gasteiger partial charge in [-0.25, -0.2) is 4.68 Å². The molecule has 0 aliphatic carbocycles. The number of benzene rings is 1. The van der Waals surface area contributed by atoms with Crippen LogP contribution in [0.2, 0.25) is 0 Å². The third kappa shape index (κ3) is 3.88. The van der Waals surface area contributed by atoms with Gasteiger partial charge in [0.2, 0.25) is 0 Å². The SMILES string of the molecule is CCOC(=O)CNC(=O)C(=O)Nc1c2c(nn1-c1ccccc1)CSC2. The van der Waals surface area contributed by atoms with Crippen molar-refractivity contribution in [2.24, 2.45) is 0 Å². The number of fused-ring (bicyclic) bond motifs is 1. The first kappa shape index (κ1) is 18.0. The van der Waals surface area contributed by atoms with Crippen LogP contribution in [0.4, 0.5) is 5.82 Å². The zero-order valence-corrected chi connectivity index (χ0v) is 15.0. The normalized spacial score (nSPS) is 12.3. The summed E-state index contributed by atoms with van der Waals surface area (Å²) in [7, 11) is 0. The molecule has 0 fully saturated rings. The summed E-state index contributed by atoms with van der Waals surface area (Å²) in [6.07, 6.45) is 0. The van der Waals surface area contributed by atoms with Crippen LogP contribution in [-0.4, -0.2) is 40.7 Å². The summed E-state index contributed by atoms with van der Waals surface area (Å²) in [5.74, 6) is -0.410. The number of nitrogens with one attached hydrogen (secondary N) is 2. The Morgan fingerprint density at radius 1 is 1.19 bits per heavy atom. The van der Waals surface area contributed by atoms with Gasteiger partial charge in [0.25, 0.3) is 0 Å². The van der Waals surface area contributed by atoms with Crippen LogP contribution in [0.15, 0.2) is 30.3 Å². The molecule has 9 heteroatoms. The van der Waals surface area contributed by atoms with E-state index in [4.69, 9.17) is 4.74 Å². The molecule has 0 saturated heterocycles. The second-order valence-corrected chi connectivity index (χ2v) is 6.44. The number of thioether (sulfide) groups is 1. The molecule has 3 rings (SSSR count). The van der Waals surface area contributed by atoms with E-state index < -0.39 is 17.8 Å². The highest BCUT2D eigenvalue weighted by Crippen LogP contribution is 2.35. The predicted octanol–water partition coefficient (Wildman–Crippen LogP) is 1.24. The lowest BCUT2D eigenvalue weighted by atomic mass is 10.2. The first-order chi connectivity index (χ1) is 12.6. The summed E-state index contributed by atoms with van der Waals surface area (Å²) in [5.41, 5.74) is 2.58. The summed E-state index contributed by atoms with van der Waals surface area (Å²) in [6, 6.07) is 9.36. The van der Waals surface area contributed by atoms with E-state index in [1.807, 2.05) is 30.3 Å². The molecule has 136 valence electrons. The minimum atomic E-state index is -0.904.